The number of fused-ring (bicyclic) bond motifs is 1. The highest BCUT2D eigenvalue weighted by molar-refractivity contribution is 7.07. The van der Waals surface area contributed by atoms with Crippen LogP contribution in [-0.2, 0) is 14.3 Å². The third-order valence-corrected chi connectivity index (χ3v) is 6.31. The van der Waals surface area contributed by atoms with Gasteiger partial charge < -0.3 is 9.47 Å². The Hall–Kier alpha value is -3.78. The van der Waals surface area contributed by atoms with E-state index in [1.807, 2.05) is 37.3 Å². The summed E-state index contributed by atoms with van der Waals surface area (Å²) in [5.74, 6) is -0.513. The van der Waals surface area contributed by atoms with Crippen LogP contribution in [0.4, 0.5) is 0 Å². The molecular formula is C26H24N2O5S. The molecule has 0 spiro atoms. The molecule has 1 unspecified atom stereocenters. The van der Waals surface area contributed by atoms with Gasteiger partial charge in [-0.25, -0.2) is 9.79 Å². The summed E-state index contributed by atoms with van der Waals surface area (Å²) in [5.41, 5.74) is 3.18. The standard InChI is InChI=1S/C26H24N2O5S/c1-5-32-25(31)22-16(3)27-26-28(23(22)19-11-9-15(2)10-12-19)24(30)21(34-26)14-18-7-6-8-20(13-18)33-17(4)29/h6-14,23H,5H2,1-4H3. The van der Waals surface area contributed by atoms with Crippen molar-refractivity contribution in [3.8, 4) is 5.75 Å². The first-order valence-electron chi connectivity index (χ1n) is 10.8. The highest BCUT2D eigenvalue weighted by atomic mass is 32.1. The van der Waals surface area contributed by atoms with Crippen LogP contribution in [0.25, 0.3) is 6.08 Å². The zero-order valence-electron chi connectivity index (χ0n) is 19.3. The van der Waals surface area contributed by atoms with Gasteiger partial charge >= 0.3 is 11.9 Å². The minimum absolute atomic E-state index is 0.222. The van der Waals surface area contributed by atoms with E-state index in [-0.39, 0.29) is 12.2 Å². The molecule has 0 bridgehead atoms. The molecule has 0 saturated carbocycles. The van der Waals surface area contributed by atoms with Crippen LogP contribution >= 0.6 is 11.3 Å². The normalized spacial score (nSPS) is 15.5. The number of aromatic nitrogens is 1. The molecule has 0 amide bonds. The van der Waals surface area contributed by atoms with Crippen molar-refractivity contribution in [2.75, 3.05) is 6.61 Å². The van der Waals surface area contributed by atoms with Gasteiger partial charge in [-0.3, -0.25) is 14.2 Å². The molecule has 2 aromatic carbocycles. The van der Waals surface area contributed by atoms with Gasteiger partial charge in [0, 0.05) is 6.92 Å². The van der Waals surface area contributed by atoms with Gasteiger partial charge in [0.05, 0.1) is 28.5 Å². The van der Waals surface area contributed by atoms with E-state index in [1.54, 1.807) is 42.7 Å². The van der Waals surface area contributed by atoms with Crippen LogP contribution in [-0.4, -0.2) is 23.1 Å². The molecule has 0 fully saturated rings. The zero-order valence-corrected chi connectivity index (χ0v) is 20.1. The van der Waals surface area contributed by atoms with Crippen molar-refractivity contribution in [1.29, 1.82) is 0 Å². The smallest absolute Gasteiger partial charge is 0.338 e. The van der Waals surface area contributed by atoms with E-state index in [2.05, 4.69) is 4.99 Å². The van der Waals surface area contributed by atoms with Gasteiger partial charge in [0.1, 0.15) is 5.75 Å². The summed E-state index contributed by atoms with van der Waals surface area (Å²) in [6, 6.07) is 14.0. The van der Waals surface area contributed by atoms with E-state index in [1.165, 1.54) is 18.3 Å². The molecule has 174 valence electrons. The number of rotatable bonds is 5. The lowest BCUT2D eigenvalue weighted by molar-refractivity contribution is -0.139. The highest BCUT2D eigenvalue weighted by Gasteiger charge is 2.33. The highest BCUT2D eigenvalue weighted by Crippen LogP contribution is 2.30. The molecule has 2 heterocycles. The van der Waals surface area contributed by atoms with Crippen LogP contribution in [0.5, 0.6) is 5.75 Å². The van der Waals surface area contributed by atoms with Crippen LogP contribution in [0.1, 0.15) is 43.5 Å². The van der Waals surface area contributed by atoms with Crippen molar-refractivity contribution in [3.05, 3.63) is 96.2 Å². The number of carbonyl (C=O) groups excluding carboxylic acids is 2. The molecular weight excluding hydrogens is 452 g/mol. The fourth-order valence-corrected chi connectivity index (χ4v) is 4.89. The van der Waals surface area contributed by atoms with Gasteiger partial charge in [0.15, 0.2) is 4.80 Å². The minimum atomic E-state index is -0.648. The lowest BCUT2D eigenvalue weighted by Crippen LogP contribution is -2.39. The Bertz CT molecular complexity index is 1480. The molecule has 3 aromatic rings. The van der Waals surface area contributed by atoms with E-state index >= 15 is 0 Å². The van der Waals surface area contributed by atoms with Gasteiger partial charge in [-0.1, -0.05) is 53.3 Å². The number of nitrogens with zero attached hydrogens (tertiary/aromatic N) is 2. The molecule has 8 heteroatoms. The number of thiazole rings is 1. The number of aryl methyl sites for hydroxylation is 1. The van der Waals surface area contributed by atoms with E-state index in [0.29, 0.717) is 31.9 Å². The Morgan fingerprint density at radius 1 is 1.15 bits per heavy atom. The summed E-state index contributed by atoms with van der Waals surface area (Å²) < 4.78 is 12.5. The van der Waals surface area contributed by atoms with Crippen LogP contribution in [0.15, 0.2) is 69.6 Å². The van der Waals surface area contributed by atoms with E-state index in [9.17, 15) is 14.4 Å². The van der Waals surface area contributed by atoms with Crippen LogP contribution < -0.4 is 19.6 Å². The Morgan fingerprint density at radius 2 is 1.88 bits per heavy atom. The molecule has 0 N–H and O–H groups in total. The zero-order chi connectivity index (χ0) is 24.4. The fourth-order valence-electron chi connectivity index (χ4n) is 3.84. The molecule has 1 aliphatic heterocycles. The summed E-state index contributed by atoms with van der Waals surface area (Å²) in [6.07, 6.45) is 1.73. The summed E-state index contributed by atoms with van der Waals surface area (Å²) in [6.45, 7) is 7.03. The number of esters is 2. The molecule has 0 aliphatic carbocycles. The number of ether oxygens (including phenoxy) is 2. The summed E-state index contributed by atoms with van der Waals surface area (Å²) >= 11 is 1.24. The third-order valence-electron chi connectivity index (χ3n) is 5.33. The lowest BCUT2D eigenvalue weighted by atomic mass is 9.95. The molecule has 1 aromatic heterocycles. The molecule has 7 nitrogen and oxygen atoms in total. The molecule has 0 saturated heterocycles. The molecule has 1 atom stereocenters. The van der Waals surface area contributed by atoms with Crippen molar-refractivity contribution in [2.24, 2.45) is 4.99 Å². The maximum atomic E-state index is 13.6. The maximum Gasteiger partial charge on any atom is 0.338 e. The summed E-state index contributed by atoms with van der Waals surface area (Å²) in [4.78, 5) is 42.9. The second-order valence-electron chi connectivity index (χ2n) is 7.88. The largest absolute Gasteiger partial charge is 0.463 e. The van der Waals surface area contributed by atoms with Crippen LogP contribution in [0, 0.1) is 6.92 Å². The van der Waals surface area contributed by atoms with Gasteiger partial charge in [0.2, 0.25) is 0 Å². The topological polar surface area (TPSA) is 87.0 Å². The predicted octanol–water partition coefficient (Wildman–Crippen LogP) is 3.03. The second kappa shape index (κ2) is 9.61. The number of hydrogen-bond acceptors (Lipinski definition) is 7. The van der Waals surface area contributed by atoms with Crippen molar-refractivity contribution in [3.63, 3.8) is 0 Å². The van der Waals surface area contributed by atoms with Gasteiger partial charge in [-0.2, -0.15) is 0 Å². The SMILES string of the molecule is CCOC(=O)C1=C(C)N=c2sc(=Cc3cccc(OC(C)=O)c3)c(=O)n2C1c1ccc(C)cc1. The average Bonchev–Trinajstić information content (AvgIpc) is 3.08. The second-order valence-corrected chi connectivity index (χ2v) is 8.89. The van der Waals surface area contributed by atoms with E-state index in [0.717, 1.165) is 11.1 Å². The summed E-state index contributed by atoms with van der Waals surface area (Å²) in [7, 11) is 0. The molecule has 34 heavy (non-hydrogen) atoms. The van der Waals surface area contributed by atoms with Gasteiger partial charge in [-0.05, 0) is 50.1 Å². The molecule has 0 radical (unpaired) electrons. The first kappa shape index (κ1) is 23.4. The fraction of sp³-hybridized carbons (Fsp3) is 0.231. The van der Waals surface area contributed by atoms with Gasteiger partial charge in [-0.15, -0.1) is 0 Å². The molecule has 4 rings (SSSR count). The Morgan fingerprint density at radius 3 is 2.56 bits per heavy atom. The first-order valence-corrected chi connectivity index (χ1v) is 11.6. The van der Waals surface area contributed by atoms with Crippen molar-refractivity contribution in [2.45, 2.75) is 33.7 Å². The summed E-state index contributed by atoms with van der Waals surface area (Å²) in [5, 5.41) is 0. The van der Waals surface area contributed by atoms with E-state index < -0.39 is 18.0 Å². The first-order chi connectivity index (χ1) is 16.3. The Balaban J connectivity index is 1.90. The number of benzene rings is 2. The number of allylic oxidation sites excluding steroid dienone is 1. The molecule has 1 aliphatic rings. The van der Waals surface area contributed by atoms with Crippen molar-refractivity contribution in [1.82, 2.24) is 4.57 Å². The quantitative estimate of drug-likeness (QED) is 0.417. The lowest BCUT2D eigenvalue weighted by Gasteiger charge is -2.24. The van der Waals surface area contributed by atoms with Crippen LogP contribution in [0.2, 0.25) is 0 Å². The van der Waals surface area contributed by atoms with Crippen molar-refractivity contribution >= 4 is 29.4 Å². The third kappa shape index (κ3) is 4.63. The Kier molecular flexibility index (Phi) is 6.61. The average molecular weight is 477 g/mol. The Labute approximate surface area is 200 Å². The van der Waals surface area contributed by atoms with Gasteiger partial charge in [0.25, 0.3) is 5.56 Å². The number of hydrogen-bond donors (Lipinski definition) is 0. The predicted molar refractivity (Wildman–Crippen MR) is 129 cm³/mol. The maximum absolute atomic E-state index is 13.6. The number of carbonyl (C=O) groups is 2. The van der Waals surface area contributed by atoms with Crippen molar-refractivity contribution < 1.29 is 19.1 Å². The van der Waals surface area contributed by atoms with E-state index in [4.69, 9.17) is 9.47 Å². The minimum Gasteiger partial charge on any atom is -0.463 e. The monoisotopic (exact) mass is 476 g/mol. The van der Waals surface area contributed by atoms with Crippen LogP contribution in [0.3, 0.4) is 0 Å².